The first-order valence-electron chi connectivity index (χ1n) is 6.86. The van der Waals surface area contributed by atoms with Crippen LogP contribution in [0.15, 0.2) is 0 Å². The van der Waals surface area contributed by atoms with Crippen LogP contribution >= 0.6 is 0 Å². The molecule has 0 radical (unpaired) electrons. The monoisotopic (exact) mass is 230 g/mol. The van der Waals surface area contributed by atoms with Gasteiger partial charge in [-0.15, -0.1) is 0 Å². The molecule has 2 N–H and O–H groups in total. The summed E-state index contributed by atoms with van der Waals surface area (Å²) in [5.41, 5.74) is 0. The Morgan fingerprint density at radius 1 is 0.500 bits per heavy atom. The molecule has 2 aliphatic rings. The molecule has 2 fully saturated rings. The smallest absolute Gasteiger partial charge is 0.0319 e. The van der Waals surface area contributed by atoms with Gasteiger partial charge in [0.15, 0.2) is 0 Å². The first kappa shape index (κ1) is 15.9. The summed E-state index contributed by atoms with van der Waals surface area (Å²) in [6.45, 7) is 0. The average Bonchev–Trinajstić information content (AvgIpc) is 2.45. The zero-order valence-corrected chi connectivity index (χ0v) is 11.1. The number of aliphatic hydroxyl groups is 2. The second-order valence-electron chi connectivity index (χ2n) is 4.80. The Kier molecular flexibility index (Phi) is 11.3. The van der Waals surface area contributed by atoms with Crippen molar-refractivity contribution in [3.05, 3.63) is 0 Å². The van der Waals surface area contributed by atoms with Crippen LogP contribution in [0.5, 0.6) is 0 Å². The van der Waals surface area contributed by atoms with Gasteiger partial charge >= 0.3 is 0 Å². The van der Waals surface area contributed by atoms with Crippen molar-refractivity contribution in [3.63, 3.8) is 0 Å². The number of hydrogen-bond acceptors (Lipinski definition) is 2. The molecule has 0 heterocycles. The van der Waals surface area contributed by atoms with Crippen LogP contribution in [0.1, 0.15) is 64.2 Å². The summed E-state index contributed by atoms with van der Waals surface area (Å²) in [6, 6.07) is 0. The molecule has 2 rings (SSSR count). The van der Waals surface area contributed by atoms with Gasteiger partial charge in [-0.1, -0.05) is 64.2 Å². The van der Waals surface area contributed by atoms with E-state index in [2.05, 4.69) is 0 Å². The van der Waals surface area contributed by atoms with Crippen molar-refractivity contribution < 1.29 is 10.2 Å². The van der Waals surface area contributed by atoms with Gasteiger partial charge < -0.3 is 10.2 Å². The van der Waals surface area contributed by atoms with Crippen LogP contribution < -0.4 is 0 Å². The van der Waals surface area contributed by atoms with E-state index in [1.807, 2.05) is 0 Å². The highest BCUT2D eigenvalue weighted by Gasteiger charge is 2.24. The summed E-state index contributed by atoms with van der Waals surface area (Å²) >= 11 is 0. The van der Waals surface area contributed by atoms with Crippen molar-refractivity contribution in [2.45, 2.75) is 64.2 Å². The molecule has 2 aliphatic carbocycles. The first-order chi connectivity index (χ1) is 7.97. The maximum atomic E-state index is 7.00. The number of rotatable bonds is 1. The molecular weight excluding hydrogens is 200 g/mol. The van der Waals surface area contributed by atoms with E-state index < -0.39 is 0 Å². The molecule has 2 saturated carbocycles. The van der Waals surface area contributed by atoms with Crippen LogP contribution in [-0.2, 0) is 0 Å². The van der Waals surface area contributed by atoms with Gasteiger partial charge in [0.2, 0.25) is 0 Å². The van der Waals surface area contributed by atoms with Gasteiger partial charge in [-0.25, -0.2) is 0 Å². The quantitative estimate of drug-likeness (QED) is 0.725. The fourth-order valence-corrected chi connectivity index (χ4v) is 3.21. The summed E-state index contributed by atoms with van der Waals surface area (Å²) < 4.78 is 0. The predicted molar refractivity (Wildman–Crippen MR) is 69.4 cm³/mol. The van der Waals surface area contributed by atoms with Crippen molar-refractivity contribution in [1.82, 2.24) is 0 Å². The average molecular weight is 230 g/mol. The molecule has 0 bridgehead atoms. The minimum Gasteiger partial charge on any atom is -0.400 e. The molecule has 98 valence electrons. The molecule has 0 aromatic rings. The van der Waals surface area contributed by atoms with E-state index >= 15 is 0 Å². The number of hydrogen-bond donors (Lipinski definition) is 2. The van der Waals surface area contributed by atoms with Crippen LogP contribution in [0.4, 0.5) is 0 Å². The van der Waals surface area contributed by atoms with Crippen molar-refractivity contribution in [2.24, 2.45) is 11.8 Å². The minimum absolute atomic E-state index is 1.00. The van der Waals surface area contributed by atoms with Gasteiger partial charge in [0, 0.05) is 14.2 Å². The molecule has 16 heavy (non-hydrogen) atoms. The topological polar surface area (TPSA) is 40.5 Å². The molecule has 2 nitrogen and oxygen atoms in total. The van der Waals surface area contributed by atoms with E-state index in [0.29, 0.717) is 0 Å². The van der Waals surface area contributed by atoms with Gasteiger partial charge in [0.25, 0.3) is 0 Å². The molecule has 0 aliphatic heterocycles. The van der Waals surface area contributed by atoms with Crippen LogP contribution in [0.3, 0.4) is 0 Å². The van der Waals surface area contributed by atoms with E-state index in [0.717, 1.165) is 26.1 Å². The lowest BCUT2D eigenvalue weighted by atomic mass is 9.73. The fourth-order valence-electron chi connectivity index (χ4n) is 3.21. The Hall–Kier alpha value is -0.0800. The van der Waals surface area contributed by atoms with E-state index in [1.165, 1.54) is 38.5 Å². The van der Waals surface area contributed by atoms with Crippen molar-refractivity contribution >= 4 is 0 Å². The lowest BCUT2D eigenvalue weighted by molar-refractivity contribution is 0.196. The normalized spacial score (nSPS) is 22.5. The van der Waals surface area contributed by atoms with Gasteiger partial charge in [-0.2, -0.15) is 0 Å². The van der Waals surface area contributed by atoms with Crippen molar-refractivity contribution in [3.8, 4) is 0 Å². The van der Waals surface area contributed by atoms with Crippen molar-refractivity contribution in [1.29, 1.82) is 0 Å². The van der Waals surface area contributed by atoms with Crippen LogP contribution in [0.25, 0.3) is 0 Å². The fraction of sp³-hybridized carbons (Fsp3) is 1.00. The van der Waals surface area contributed by atoms with Gasteiger partial charge in [0.1, 0.15) is 0 Å². The zero-order chi connectivity index (χ0) is 12.2. The molecule has 0 saturated heterocycles. The Morgan fingerprint density at radius 3 is 1.00 bits per heavy atom. The molecule has 0 spiro atoms. The highest BCUT2D eigenvalue weighted by molar-refractivity contribution is 4.76. The highest BCUT2D eigenvalue weighted by Crippen LogP contribution is 2.37. The van der Waals surface area contributed by atoms with E-state index in [1.54, 1.807) is 25.7 Å². The predicted octanol–water partition coefficient (Wildman–Crippen LogP) is 3.36. The SMILES string of the molecule is C1CCC(C2CCCCC2)CC1.CO.CO. The lowest BCUT2D eigenvalue weighted by Crippen LogP contribution is -2.20. The summed E-state index contributed by atoms with van der Waals surface area (Å²) in [5, 5.41) is 14.0. The van der Waals surface area contributed by atoms with Gasteiger partial charge in [0.05, 0.1) is 0 Å². The third-order valence-electron chi connectivity index (χ3n) is 3.97. The standard InChI is InChI=1S/C12H22.2CH4O/c1-3-7-11(8-4-1)12-9-5-2-6-10-12;2*1-2/h11-12H,1-10H2;2*2H,1H3. The molecule has 0 atom stereocenters. The molecular formula is C14H30O2. The second-order valence-corrected chi connectivity index (χ2v) is 4.80. The zero-order valence-electron chi connectivity index (χ0n) is 11.1. The highest BCUT2D eigenvalue weighted by atomic mass is 16.2. The van der Waals surface area contributed by atoms with Gasteiger partial charge in [-0.3, -0.25) is 0 Å². The maximum absolute atomic E-state index is 7.00. The molecule has 0 aromatic heterocycles. The number of aliphatic hydroxyl groups excluding tert-OH is 2. The van der Waals surface area contributed by atoms with Crippen LogP contribution in [0, 0.1) is 11.8 Å². The van der Waals surface area contributed by atoms with Gasteiger partial charge in [-0.05, 0) is 11.8 Å². The second kappa shape index (κ2) is 11.4. The lowest BCUT2D eigenvalue weighted by Gasteiger charge is -2.32. The molecule has 0 amide bonds. The van der Waals surface area contributed by atoms with Crippen molar-refractivity contribution in [2.75, 3.05) is 14.2 Å². The molecule has 2 heteroatoms. The van der Waals surface area contributed by atoms with E-state index in [9.17, 15) is 0 Å². The Morgan fingerprint density at radius 2 is 0.750 bits per heavy atom. The Bertz CT molecular complexity index is 109. The largest absolute Gasteiger partial charge is 0.400 e. The maximum Gasteiger partial charge on any atom is 0.0319 e. The van der Waals surface area contributed by atoms with Crippen LogP contribution in [0.2, 0.25) is 0 Å². The third-order valence-corrected chi connectivity index (χ3v) is 3.97. The summed E-state index contributed by atoms with van der Waals surface area (Å²) in [7, 11) is 2.00. The first-order valence-corrected chi connectivity index (χ1v) is 6.86. The Labute approximate surface area is 101 Å². The summed E-state index contributed by atoms with van der Waals surface area (Å²) in [4.78, 5) is 0. The molecule has 0 unspecified atom stereocenters. The van der Waals surface area contributed by atoms with E-state index in [-0.39, 0.29) is 0 Å². The Balaban J connectivity index is 0.000000509. The van der Waals surface area contributed by atoms with E-state index in [4.69, 9.17) is 10.2 Å². The minimum atomic E-state index is 1.00. The summed E-state index contributed by atoms with van der Waals surface area (Å²) in [5.74, 6) is 2.28. The third kappa shape index (κ3) is 5.86. The summed E-state index contributed by atoms with van der Waals surface area (Å²) in [6.07, 6.45) is 15.4. The molecule has 0 aromatic carbocycles. The van der Waals surface area contributed by atoms with Crippen LogP contribution in [-0.4, -0.2) is 24.4 Å².